The molecule has 5 heteroatoms. The number of benzene rings is 1. The third-order valence-electron chi connectivity index (χ3n) is 2.31. The minimum atomic E-state index is -4.35. The van der Waals surface area contributed by atoms with Crippen LogP contribution in [0.25, 0.3) is 0 Å². The Morgan fingerprint density at radius 1 is 1.47 bits per heavy atom. The molecule has 1 unspecified atom stereocenters. The van der Waals surface area contributed by atoms with Crippen LogP contribution in [0.3, 0.4) is 0 Å². The second-order valence-corrected chi connectivity index (χ2v) is 4.36. The van der Waals surface area contributed by atoms with Crippen molar-refractivity contribution in [3.05, 3.63) is 46.5 Å². The molecule has 1 atom stereocenters. The van der Waals surface area contributed by atoms with Gasteiger partial charge < -0.3 is 5.32 Å². The molecule has 0 aliphatic heterocycles. The predicted octanol–water partition coefficient (Wildman–Crippen LogP) is 4.30. The van der Waals surface area contributed by atoms with Crippen molar-refractivity contribution < 1.29 is 13.2 Å². The minimum absolute atomic E-state index is 0.0491. The van der Waals surface area contributed by atoms with Gasteiger partial charge in [-0.15, -0.1) is 6.58 Å². The second kappa shape index (κ2) is 5.69. The van der Waals surface area contributed by atoms with Crippen LogP contribution < -0.4 is 5.32 Å². The Bertz CT molecular complexity index is 401. The summed E-state index contributed by atoms with van der Waals surface area (Å²) in [5, 5.41) is 3.05. The van der Waals surface area contributed by atoms with Gasteiger partial charge in [0.1, 0.15) is 0 Å². The Labute approximate surface area is 107 Å². The van der Waals surface area contributed by atoms with Crippen LogP contribution in [0.15, 0.2) is 35.3 Å². The molecule has 0 heterocycles. The molecule has 17 heavy (non-hydrogen) atoms. The van der Waals surface area contributed by atoms with E-state index in [0.29, 0.717) is 12.1 Å². The van der Waals surface area contributed by atoms with Gasteiger partial charge in [-0.2, -0.15) is 13.2 Å². The average Bonchev–Trinajstić information content (AvgIpc) is 2.25. The maximum atomic E-state index is 12.7. The van der Waals surface area contributed by atoms with Crippen molar-refractivity contribution in [1.82, 2.24) is 5.32 Å². The highest BCUT2D eigenvalue weighted by Crippen LogP contribution is 2.36. The molecule has 1 aromatic rings. The van der Waals surface area contributed by atoms with Crippen LogP contribution in [-0.4, -0.2) is 6.54 Å². The molecule has 0 saturated carbocycles. The van der Waals surface area contributed by atoms with Crippen LogP contribution in [0.4, 0.5) is 13.2 Å². The molecule has 1 N–H and O–H groups in total. The average molecular weight is 308 g/mol. The zero-order valence-electron chi connectivity index (χ0n) is 9.31. The predicted molar refractivity (Wildman–Crippen MR) is 65.8 cm³/mol. The van der Waals surface area contributed by atoms with E-state index >= 15 is 0 Å². The van der Waals surface area contributed by atoms with E-state index < -0.39 is 11.7 Å². The van der Waals surface area contributed by atoms with Crippen LogP contribution in [-0.2, 0) is 6.18 Å². The third-order valence-corrected chi connectivity index (χ3v) is 3.01. The molecule has 0 fully saturated rings. The number of likely N-dealkylation sites (N-methyl/N-ethyl adjacent to an activating group) is 1. The Kier molecular flexibility index (Phi) is 4.77. The topological polar surface area (TPSA) is 12.0 Å². The molecule has 0 aliphatic rings. The largest absolute Gasteiger partial charge is 0.417 e. The van der Waals surface area contributed by atoms with Gasteiger partial charge in [-0.1, -0.05) is 35.0 Å². The number of rotatable bonds is 4. The van der Waals surface area contributed by atoms with E-state index in [1.807, 2.05) is 6.92 Å². The molecule has 0 amide bonds. The summed E-state index contributed by atoms with van der Waals surface area (Å²) in [6.07, 6.45) is -2.76. The second-order valence-electron chi connectivity index (χ2n) is 3.51. The maximum absolute atomic E-state index is 12.7. The van der Waals surface area contributed by atoms with Crippen LogP contribution in [0.2, 0.25) is 0 Å². The molecule has 0 saturated heterocycles. The van der Waals surface area contributed by atoms with E-state index in [2.05, 4.69) is 27.8 Å². The number of hydrogen-bond acceptors (Lipinski definition) is 1. The van der Waals surface area contributed by atoms with Crippen LogP contribution in [0.5, 0.6) is 0 Å². The SMILES string of the molecule is C=CC(NCC)c1ccc(Br)c(C(F)(F)F)c1. The van der Waals surface area contributed by atoms with Crippen molar-refractivity contribution >= 4 is 15.9 Å². The van der Waals surface area contributed by atoms with Gasteiger partial charge in [0.15, 0.2) is 0 Å². The Morgan fingerprint density at radius 2 is 2.12 bits per heavy atom. The van der Waals surface area contributed by atoms with E-state index in [0.717, 1.165) is 6.07 Å². The van der Waals surface area contributed by atoms with Crippen molar-refractivity contribution in [3.63, 3.8) is 0 Å². The van der Waals surface area contributed by atoms with Crippen molar-refractivity contribution in [3.8, 4) is 0 Å². The summed E-state index contributed by atoms with van der Waals surface area (Å²) >= 11 is 2.91. The number of hydrogen-bond donors (Lipinski definition) is 1. The zero-order valence-corrected chi connectivity index (χ0v) is 10.9. The highest BCUT2D eigenvalue weighted by molar-refractivity contribution is 9.10. The van der Waals surface area contributed by atoms with Gasteiger partial charge in [-0.25, -0.2) is 0 Å². The molecule has 0 radical (unpaired) electrons. The van der Waals surface area contributed by atoms with Crippen LogP contribution in [0.1, 0.15) is 24.1 Å². The summed E-state index contributed by atoms with van der Waals surface area (Å²) in [5.74, 6) is 0. The highest BCUT2D eigenvalue weighted by Gasteiger charge is 2.33. The standard InChI is InChI=1S/C12H13BrF3N/c1-3-11(17-4-2)8-5-6-10(13)9(7-8)12(14,15)16/h3,5-7,11,17H,1,4H2,2H3. The zero-order chi connectivity index (χ0) is 13.1. The van der Waals surface area contributed by atoms with Crippen molar-refractivity contribution in [1.29, 1.82) is 0 Å². The first-order valence-electron chi connectivity index (χ1n) is 5.12. The van der Waals surface area contributed by atoms with Crippen LogP contribution in [0, 0.1) is 0 Å². The number of nitrogens with one attached hydrogen (secondary N) is 1. The van der Waals surface area contributed by atoms with Crippen molar-refractivity contribution in [2.24, 2.45) is 0 Å². The summed E-state index contributed by atoms with van der Waals surface area (Å²) < 4.78 is 38.2. The molecule has 94 valence electrons. The summed E-state index contributed by atoms with van der Waals surface area (Å²) in [6.45, 7) is 6.16. The van der Waals surface area contributed by atoms with Crippen molar-refractivity contribution in [2.45, 2.75) is 19.1 Å². The van der Waals surface area contributed by atoms with Gasteiger partial charge in [-0.05, 0) is 24.2 Å². The molecule has 0 aromatic heterocycles. The quantitative estimate of drug-likeness (QED) is 0.818. The minimum Gasteiger partial charge on any atom is -0.307 e. The van der Waals surface area contributed by atoms with Gasteiger partial charge in [0, 0.05) is 4.47 Å². The Hall–Kier alpha value is -0.810. The fourth-order valence-corrected chi connectivity index (χ4v) is 1.98. The molecule has 0 aliphatic carbocycles. The molecule has 0 spiro atoms. The lowest BCUT2D eigenvalue weighted by Gasteiger charge is -2.17. The van der Waals surface area contributed by atoms with Crippen LogP contribution >= 0.6 is 15.9 Å². The normalized spacial score (nSPS) is 13.5. The van der Waals surface area contributed by atoms with E-state index in [1.165, 1.54) is 6.07 Å². The Balaban J connectivity index is 3.15. The molecular weight excluding hydrogens is 295 g/mol. The smallest absolute Gasteiger partial charge is 0.307 e. The molecule has 1 rings (SSSR count). The monoisotopic (exact) mass is 307 g/mol. The molecule has 0 bridgehead atoms. The number of halogens is 4. The van der Waals surface area contributed by atoms with E-state index in [-0.39, 0.29) is 10.5 Å². The fourth-order valence-electron chi connectivity index (χ4n) is 1.51. The van der Waals surface area contributed by atoms with E-state index in [9.17, 15) is 13.2 Å². The van der Waals surface area contributed by atoms with Gasteiger partial charge in [0.25, 0.3) is 0 Å². The lowest BCUT2D eigenvalue weighted by atomic mass is 10.0. The fraction of sp³-hybridized carbons (Fsp3) is 0.333. The first kappa shape index (κ1) is 14.3. The number of alkyl halides is 3. The lowest BCUT2D eigenvalue weighted by molar-refractivity contribution is -0.138. The first-order chi connectivity index (χ1) is 7.90. The molecule has 1 nitrogen and oxygen atoms in total. The lowest BCUT2D eigenvalue weighted by Crippen LogP contribution is -2.19. The summed E-state index contributed by atoms with van der Waals surface area (Å²) in [7, 11) is 0. The van der Waals surface area contributed by atoms with Gasteiger partial charge in [0.05, 0.1) is 11.6 Å². The first-order valence-corrected chi connectivity index (χ1v) is 5.92. The third kappa shape index (κ3) is 3.57. The summed E-state index contributed by atoms with van der Waals surface area (Å²) in [5.41, 5.74) is -0.114. The van der Waals surface area contributed by atoms with Gasteiger partial charge in [-0.3, -0.25) is 0 Å². The van der Waals surface area contributed by atoms with Gasteiger partial charge >= 0.3 is 6.18 Å². The summed E-state index contributed by atoms with van der Waals surface area (Å²) in [4.78, 5) is 0. The highest BCUT2D eigenvalue weighted by atomic mass is 79.9. The Morgan fingerprint density at radius 3 is 2.59 bits per heavy atom. The molecule has 1 aromatic carbocycles. The molecular formula is C12H13BrF3N. The summed E-state index contributed by atoms with van der Waals surface area (Å²) in [6, 6.07) is 3.92. The van der Waals surface area contributed by atoms with Gasteiger partial charge in [0.2, 0.25) is 0 Å². The van der Waals surface area contributed by atoms with E-state index in [1.54, 1.807) is 12.1 Å². The van der Waals surface area contributed by atoms with E-state index in [4.69, 9.17) is 0 Å². The van der Waals surface area contributed by atoms with Crippen molar-refractivity contribution in [2.75, 3.05) is 6.54 Å². The maximum Gasteiger partial charge on any atom is 0.417 e.